The zero-order valence-corrected chi connectivity index (χ0v) is 14.1. The molecule has 1 heterocycles. The first-order valence-electron chi connectivity index (χ1n) is 6.59. The molecule has 0 aliphatic carbocycles. The second-order valence-corrected chi connectivity index (χ2v) is 8.51. The second-order valence-electron chi connectivity index (χ2n) is 5.00. The van der Waals surface area contributed by atoms with Crippen molar-refractivity contribution >= 4 is 48.8 Å². The van der Waals surface area contributed by atoms with Gasteiger partial charge >= 0.3 is 5.97 Å². The van der Waals surface area contributed by atoms with E-state index in [4.69, 9.17) is 16.7 Å². The summed E-state index contributed by atoms with van der Waals surface area (Å²) in [6, 6.07) is 12.8. The summed E-state index contributed by atoms with van der Waals surface area (Å²) >= 11 is 6.94. The molecule has 1 N–H and O–H groups in total. The van der Waals surface area contributed by atoms with Gasteiger partial charge in [0.05, 0.1) is 10.6 Å². The maximum atomic E-state index is 12.4. The Morgan fingerprint density at radius 1 is 1.09 bits per heavy atom. The molecule has 118 valence electrons. The van der Waals surface area contributed by atoms with Crippen LogP contribution in [0, 0.1) is 0 Å². The van der Waals surface area contributed by atoms with Crippen molar-refractivity contribution in [2.24, 2.45) is 0 Å². The van der Waals surface area contributed by atoms with Gasteiger partial charge in [0.25, 0.3) is 0 Å². The van der Waals surface area contributed by atoms with Crippen molar-refractivity contribution < 1.29 is 18.3 Å². The topological polar surface area (TPSA) is 71.4 Å². The van der Waals surface area contributed by atoms with Crippen LogP contribution in [0.4, 0.5) is 0 Å². The fraction of sp³-hybridized carbons (Fsp3) is 0.0625. The molecule has 0 saturated heterocycles. The summed E-state index contributed by atoms with van der Waals surface area (Å²) in [5.41, 5.74) is 0.613. The number of hydrogen-bond donors (Lipinski definition) is 1. The summed E-state index contributed by atoms with van der Waals surface area (Å²) < 4.78 is 25.7. The van der Waals surface area contributed by atoms with Gasteiger partial charge in [-0.3, -0.25) is 0 Å². The predicted molar refractivity (Wildman–Crippen MR) is 91.1 cm³/mol. The Hall–Kier alpha value is -1.89. The van der Waals surface area contributed by atoms with Crippen molar-refractivity contribution in [2.75, 3.05) is 0 Å². The highest BCUT2D eigenvalue weighted by atomic mass is 35.5. The number of hydrogen-bond acceptors (Lipinski definition) is 4. The molecule has 0 spiro atoms. The molecule has 3 rings (SSSR count). The fourth-order valence-corrected chi connectivity index (χ4v) is 4.58. The minimum absolute atomic E-state index is 0.150. The lowest BCUT2D eigenvalue weighted by Crippen LogP contribution is -2.04. The SMILES string of the molecule is O=C(O)c1cc2cc(CS(=O)(=O)c3ccc(Cl)cc3)ccc2s1. The molecule has 0 atom stereocenters. The quantitative estimate of drug-likeness (QED) is 0.750. The highest BCUT2D eigenvalue weighted by molar-refractivity contribution is 7.90. The number of carboxylic acids is 1. The van der Waals surface area contributed by atoms with Crippen LogP contribution in [0.3, 0.4) is 0 Å². The van der Waals surface area contributed by atoms with Crippen molar-refractivity contribution in [1.29, 1.82) is 0 Å². The van der Waals surface area contributed by atoms with Crippen molar-refractivity contribution in [3.63, 3.8) is 0 Å². The summed E-state index contributed by atoms with van der Waals surface area (Å²) in [5, 5.41) is 10.2. The molecule has 0 bridgehead atoms. The molecule has 0 amide bonds. The molecule has 1 aromatic heterocycles. The zero-order valence-electron chi connectivity index (χ0n) is 11.7. The zero-order chi connectivity index (χ0) is 16.6. The molecular formula is C16H11ClO4S2. The first kappa shape index (κ1) is 16.0. The number of fused-ring (bicyclic) bond motifs is 1. The number of aromatic carboxylic acids is 1. The summed E-state index contributed by atoms with van der Waals surface area (Å²) in [4.78, 5) is 11.4. The van der Waals surface area contributed by atoms with E-state index in [1.807, 2.05) is 0 Å². The lowest BCUT2D eigenvalue weighted by molar-refractivity contribution is 0.0702. The van der Waals surface area contributed by atoms with Crippen LogP contribution in [0.15, 0.2) is 53.4 Å². The number of halogens is 1. The molecule has 0 unspecified atom stereocenters. The van der Waals surface area contributed by atoms with Crippen LogP contribution in [0.2, 0.25) is 5.02 Å². The normalized spacial score (nSPS) is 11.7. The molecule has 4 nitrogen and oxygen atoms in total. The first-order chi connectivity index (χ1) is 10.8. The standard InChI is InChI=1S/C16H11ClO4S2/c17-12-2-4-13(5-3-12)23(20,21)9-10-1-6-14-11(7-10)8-15(22-14)16(18)19/h1-8H,9H2,(H,18,19). The van der Waals surface area contributed by atoms with E-state index in [0.29, 0.717) is 10.6 Å². The highest BCUT2D eigenvalue weighted by Crippen LogP contribution is 2.28. The number of benzene rings is 2. The minimum Gasteiger partial charge on any atom is -0.477 e. The van der Waals surface area contributed by atoms with Crippen LogP contribution in [0.1, 0.15) is 15.2 Å². The van der Waals surface area contributed by atoms with Crippen LogP contribution >= 0.6 is 22.9 Å². The number of carbonyl (C=O) groups is 1. The van der Waals surface area contributed by atoms with E-state index in [-0.39, 0.29) is 15.5 Å². The van der Waals surface area contributed by atoms with Crippen LogP contribution in [0.25, 0.3) is 10.1 Å². The number of rotatable bonds is 4. The van der Waals surface area contributed by atoms with Gasteiger partial charge in [0.15, 0.2) is 9.84 Å². The van der Waals surface area contributed by atoms with Crippen LogP contribution in [-0.4, -0.2) is 19.5 Å². The van der Waals surface area contributed by atoms with E-state index in [0.717, 1.165) is 10.1 Å². The van der Waals surface area contributed by atoms with Gasteiger partial charge in [-0.05, 0) is 53.4 Å². The van der Waals surface area contributed by atoms with E-state index in [9.17, 15) is 13.2 Å². The number of thiophene rings is 1. The van der Waals surface area contributed by atoms with Gasteiger partial charge in [0.1, 0.15) is 4.88 Å². The van der Waals surface area contributed by atoms with E-state index < -0.39 is 15.8 Å². The lowest BCUT2D eigenvalue weighted by atomic mass is 10.2. The van der Waals surface area contributed by atoms with Gasteiger partial charge < -0.3 is 5.11 Å². The molecule has 0 saturated carbocycles. The van der Waals surface area contributed by atoms with Crippen molar-refractivity contribution in [1.82, 2.24) is 0 Å². The average molecular weight is 367 g/mol. The van der Waals surface area contributed by atoms with E-state index >= 15 is 0 Å². The Balaban J connectivity index is 1.94. The van der Waals surface area contributed by atoms with E-state index in [2.05, 4.69) is 0 Å². The minimum atomic E-state index is -3.48. The smallest absolute Gasteiger partial charge is 0.345 e. The molecule has 0 aliphatic heterocycles. The summed E-state index contributed by atoms with van der Waals surface area (Å²) in [5.74, 6) is -1.13. The molecular weight excluding hydrogens is 356 g/mol. The Kier molecular flexibility index (Phi) is 4.14. The Bertz CT molecular complexity index is 989. The van der Waals surface area contributed by atoms with Gasteiger partial charge in [-0.1, -0.05) is 17.7 Å². The van der Waals surface area contributed by atoms with Gasteiger partial charge in [-0.25, -0.2) is 13.2 Å². The van der Waals surface area contributed by atoms with Crippen LogP contribution in [0.5, 0.6) is 0 Å². The third-order valence-corrected chi connectivity index (χ3v) is 6.38. The van der Waals surface area contributed by atoms with Gasteiger partial charge in [-0.2, -0.15) is 0 Å². The van der Waals surface area contributed by atoms with Crippen molar-refractivity contribution in [3.05, 3.63) is 64.0 Å². The van der Waals surface area contributed by atoms with Gasteiger partial charge in [-0.15, -0.1) is 11.3 Å². The number of sulfone groups is 1. The summed E-state index contributed by atoms with van der Waals surface area (Å²) in [7, 11) is -3.48. The molecule has 0 aliphatic rings. The first-order valence-corrected chi connectivity index (χ1v) is 9.44. The molecule has 3 aromatic rings. The van der Waals surface area contributed by atoms with Crippen molar-refractivity contribution in [3.8, 4) is 0 Å². The van der Waals surface area contributed by atoms with E-state index in [1.165, 1.54) is 35.6 Å². The van der Waals surface area contributed by atoms with Crippen LogP contribution < -0.4 is 0 Å². The maximum absolute atomic E-state index is 12.4. The van der Waals surface area contributed by atoms with E-state index in [1.54, 1.807) is 24.3 Å². The van der Waals surface area contributed by atoms with Gasteiger partial charge in [0, 0.05) is 9.72 Å². The van der Waals surface area contributed by atoms with Crippen LogP contribution in [-0.2, 0) is 15.6 Å². The second kappa shape index (κ2) is 5.96. The monoisotopic (exact) mass is 366 g/mol. The molecule has 2 aromatic carbocycles. The summed E-state index contributed by atoms with van der Waals surface area (Å²) in [6.45, 7) is 0. The molecule has 0 radical (unpaired) electrons. The number of carboxylic acid groups (broad SMARTS) is 1. The third-order valence-electron chi connectivity index (χ3n) is 3.32. The Morgan fingerprint density at radius 2 is 1.78 bits per heavy atom. The van der Waals surface area contributed by atoms with Gasteiger partial charge in [0.2, 0.25) is 0 Å². The third kappa shape index (κ3) is 3.39. The molecule has 0 fully saturated rings. The fourth-order valence-electron chi connectivity index (χ4n) is 2.23. The Labute approximate surface area is 141 Å². The van der Waals surface area contributed by atoms with Crippen molar-refractivity contribution in [2.45, 2.75) is 10.6 Å². The largest absolute Gasteiger partial charge is 0.477 e. The summed E-state index contributed by atoms with van der Waals surface area (Å²) in [6.07, 6.45) is 0. The Morgan fingerprint density at radius 3 is 2.43 bits per heavy atom. The maximum Gasteiger partial charge on any atom is 0.345 e. The highest BCUT2D eigenvalue weighted by Gasteiger charge is 2.16. The molecule has 7 heteroatoms. The predicted octanol–water partition coefficient (Wildman–Crippen LogP) is 4.23. The molecule has 23 heavy (non-hydrogen) atoms. The lowest BCUT2D eigenvalue weighted by Gasteiger charge is -2.05. The average Bonchev–Trinajstić information content (AvgIpc) is 2.90.